The van der Waals surface area contributed by atoms with Crippen molar-refractivity contribution in [1.82, 2.24) is 0 Å². The van der Waals surface area contributed by atoms with Crippen LogP contribution in [0.5, 0.6) is 0 Å². The van der Waals surface area contributed by atoms with E-state index in [1.54, 1.807) is 41.7 Å². The molecule has 158 valence electrons. The fraction of sp³-hybridized carbons (Fsp3) is 0.280. The topological polar surface area (TPSA) is 72.8 Å². The molecule has 5 nitrogen and oxygen atoms in total. The maximum Gasteiger partial charge on any atom is 0.338 e. The van der Waals surface area contributed by atoms with Crippen LogP contribution in [0, 0.1) is 11.8 Å². The van der Waals surface area contributed by atoms with E-state index in [0.717, 1.165) is 15.0 Å². The third-order valence-electron chi connectivity index (χ3n) is 6.07. The normalized spacial score (nSPS) is 26.2. The molecular formula is C25H22O5S. The van der Waals surface area contributed by atoms with Gasteiger partial charge in [-0.2, -0.15) is 0 Å². The molecule has 5 rings (SSSR count). The van der Waals surface area contributed by atoms with E-state index in [-0.39, 0.29) is 29.9 Å². The number of aliphatic hydroxyl groups is 1. The second-order valence-corrected chi connectivity index (χ2v) is 9.15. The smallest absolute Gasteiger partial charge is 0.338 e. The first kappa shape index (κ1) is 20.0. The molecule has 1 aliphatic carbocycles. The molecule has 1 aliphatic heterocycles. The number of aliphatic hydroxyl groups excluding tert-OH is 1. The van der Waals surface area contributed by atoms with Crippen molar-refractivity contribution < 1.29 is 24.2 Å². The lowest BCUT2D eigenvalue weighted by molar-refractivity contribution is -0.141. The standard InChI is InChI=1S/C25H22O5S/c26-19(23-12-16-8-4-5-9-22(16)31-23)11-10-17-18-13-24(27)29-21(18)14-20(17)30-25(28)15-6-2-1-3-7-15/h1-12,17-21,26H,13-14H2/t17-,18-,19-,20-,21+/m1/s1. The minimum atomic E-state index is -0.764. The van der Waals surface area contributed by atoms with Crippen molar-refractivity contribution in [2.24, 2.45) is 11.8 Å². The summed E-state index contributed by atoms with van der Waals surface area (Å²) in [5, 5.41) is 11.8. The number of ether oxygens (including phenoxy) is 2. The van der Waals surface area contributed by atoms with Crippen molar-refractivity contribution in [1.29, 1.82) is 0 Å². The predicted octanol–water partition coefficient (Wildman–Crippen LogP) is 4.67. The highest BCUT2D eigenvalue weighted by atomic mass is 32.1. The van der Waals surface area contributed by atoms with Crippen molar-refractivity contribution in [3.05, 3.63) is 83.3 Å². The summed E-state index contributed by atoms with van der Waals surface area (Å²) in [6.07, 6.45) is 2.99. The SMILES string of the molecule is O=C1C[C@@H]2[C@@H](C=C[C@@H](O)c3cc4ccccc4s3)[C@H](OC(=O)c3ccccc3)C[C@@H]2O1. The Labute approximate surface area is 183 Å². The quantitative estimate of drug-likeness (QED) is 0.467. The highest BCUT2D eigenvalue weighted by Crippen LogP contribution is 2.44. The molecule has 0 unspecified atom stereocenters. The second-order valence-electron chi connectivity index (χ2n) is 8.04. The first-order valence-corrected chi connectivity index (χ1v) is 11.2. The predicted molar refractivity (Wildman–Crippen MR) is 118 cm³/mol. The van der Waals surface area contributed by atoms with E-state index in [1.807, 2.05) is 42.5 Å². The summed E-state index contributed by atoms with van der Waals surface area (Å²) >= 11 is 1.55. The first-order chi connectivity index (χ1) is 15.1. The number of thiophene rings is 1. The summed E-state index contributed by atoms with van der Waals surface area (Å²) < 4.78 is 12.4. The maximum atomic E-state index is 12.6. The molecule has 2 aromatic carbocycles. The molecule has 0 bridgehead atoms. The Morgan fingerprint density at radius 3 is 2.74 bits per heavy atom. The average Bonchev–Trinajstić information content (AvgIpc) is 3.45. The molecule has 2 aliphatic rings. The molecule has 6 heteroatoms. The number of rotatable bonds is 5. The lowest BCUT2D eigenvalue weighted by Gasteiger charge is -2.20. The number of carbonyl (C=O) groups excluding carboxylic acids is 2. The Morgan fingerprint density at radius 1 is 1.16 bits per heavy atom. The summed E-state index contributed by atoms with van der Waals surface area (Å²) in [7, 11) is 0. The molecule has 5 atom stereocenters. The zero-order valence-corrected chi connectivity index (χ0v) is 17.5. The van der Waals surface area contributed by atoms with Crippen molar-refractivity contribution >= 4 is 33.4 Å². The third kappa shape index (κ3) is 4.01. The molecule has 1 saturated carbocycles. The minimum Gasteiger partial charge on any atom is -0.462 e. The zero-order valence-electron chi connectivity index (χ0n) is 16.7. The molecule has 0 amide bonds. The summed E-state index contributed by atoms with van der Waals surface area (Å²) in [6.45, 7) is 0. The Hall–Kier alpha value is -2.96. The summed E-state index contributed by atoms with van der Waals surface area (Å²) in [4.78, 5) is 25.2. The van der Waals surface area contributed by atoms with Crippen LogP contribution in [-0.4, -0.2) is 29.3 Å². The van der Waals surface area contributed by atoms with Crippen LogP contribution in [0.25, 0.3) is 10.1 Å². The van der Waals surface area contributed by atoms with Gasteiger partial charge in [0, 0.05) is 27.8 Å². The van der Waals surface area contributed by atoms with Gasteiger partial charge in [-0.1, -0.05) is 48.6 Å². The van der Waals surface area contributed by atoms with Crippen LogP contribution >= 0.6 is 11.3 Å². The third-order valence-corrected chi connectivity index (χ3v) is 7.26. The Balaban J connectivity index is 1.35. The summed E-state index contributed by atoms with van der Waals surface area (Å²) in [5.74, 6) is -0.841. The molecule has 3 aromatic rings. The van der Waals surface area contributed by atoms with Gasteiger partial charge in [0.15, 0.2) is 0 Å². The van der Waals surface area contributed by atoms with E-state index in [1.165, 1.54) is 0 Å². The fourth-order valence-electron chi connectivity index (χ4n) is 4.55. The fourth-order valence-corrected chi connectivity index (χ4v) is 5.58. The van der Waals surface area contributed by atoms with Crippen LogP contribution in [0.3, 0.4) is 0 Å². The Morgan fingerprint density at radius 2 is 1.94 bits per heavy atom. The molecular weight excluding hydrogens is 412 g/mol. The van der Waals surface area contributed by atoms with Crippen LogP contribution in [-0.2, 0) is 14.3 Å². The number of esters is 2. The molecule has 1 aromatic heterocycles. The number of hydrogen-bond acceptors (Lipinski definition) is 6. The van der Waals surface area contributed by atoms with Crippen molar-refractivity contribution in [2.45, 2.75) is 31.2 Å². The van der Waals surface area contributed by atoms with Gasteiger partial charge >= 0.3 is 11.9 Å². The van der Waals surface area contributed by atoms with Crippen molar-refractivity contribution in [2.75, 3.05) is 0 Å². The second kappa shape index (κ2) is 8.29. The van der Waals surface area contributed by atoms with Gasteiger partial charge in [0.25, 0.3) is 0 Å². The largest absolute Gasteiger partial charge is 0.462 e. The van der Waals surface area contributed by atoms with Gasteiger partial charge in [0.05, 0.1) is 12.0 Å². The van der Waals surface area contributed by atoms with Gasteiger partial charge in [-0.25, -0.2) is 4.79 Å². The van der Waals surface area contributed by atoms with Gasteiger partial charge in [0.2, 0.25) is 0 Å². The van der Waals surface area contributed by atoms with Crippen molar-refractivity contribution in [3.63, 3.8) is 0 Å². The van der Waals surface area contributed by atoms with Crippen LogP contribution in [0.1, 0.15) is 34.2 Å². The molecule has 1 N–H and O–H groups in total. The number of benzene rings is 2. The lowest BCUT2D eigenvalue weighted by Crippen LogP contribution is -2.24. The lowest BCUT2D eigenvalue weighted by atomic mass is 9.91. The Bertz CT molecular complexity index is 1100. The first-order valence-electron chi connectivity index (χ1n) is 10.4. The molecule has 2 fully saturated rings. The van der Waals surface area contributed by atoms with Crippen LogP contribution in [0.4, 0.5) is 0 Å². The van der Waals surface area contributed by atoms with Gasteiger partial charge in [0.1, 0.15) is 18.3 Å². The minimum absolute atomic E-state index is 0.0491. The van der Waals surface area contributed by atoms with E-state index in [2.05, 4.69) is 0 Å². The van der Waals surface area contributed by atoms with E-state index >= 15 is 0 Å². The number of carbonyl (C=O) groups is 2. The van der Waals surface area contributed by atoms with E-state index in [4.69, 9.17) is 9.47 Å². The average molecular weight is 435 g/mol. The number of fused-ring (bicyclic) bond motifs is 2. The van der Waals surface area contributed by atoms with Crippen LogP contribution < -0.4 is 0 Å². The highest BCUT2D eigenvalue weighted by molar-refractivity contribution is 7.19. The van der Waals surface area contributed by atoms with Gasteiger partial charge in [-0.05, 0) is 29.7 Å². The Kier molecular flexibility index (Phi) is 5.34. The van der Waals surface area contributed by atoms with Gasteiger partial charge in [-0.15, -0.1) is 11.3 Å². The van der Waals surface area contributed by atoms with Crippen LogP contribution in [0.2, 0.25) is 0 Å². The van der Waals surface area contributed by atoms with E-state index in [0.29, 0.717) is 18.4 Å². The molecule has 31 heavy (non-hydrogen) atoms. The molecule has 1 saturated heterocycles. The number of hydrogen-bond donors (Lipinski definition) is 1. The molecule has 0 radical (unpaired) electrons. The monoisotopic (exact) mass is 434 g/mol. The zero-order chi connectivity index (χ0) is 21.4. The molecule has 2 heterocycles. The summed E-state index contributed by atoms with van der Waals surface area (Å²) in [6, 6.07) is 18.9. The van der Waals surface area contributed by atoms with Crippen LogP contribution in [0.15, 0.2) is 72.8 Å². The van der Waals surface area contributed by atoms with Crippen molar-refractivity contribution in [3.8, 4) is 0 Å². The van der Waals surface area contributed by atoms with E-state index in [9.17, 15) is 14.7 Å². The summed E-state index contributed by atoms with van der Waals surface area (Å²) in [5.41, 5.74) is 0.490. The van der Waals surface area contributed by atoms with E-state index < -0.39 is 12.2 Å². The molecule has 0 spiro atoms. The van der Waals surface area contributed by atoms with Gasteiger partial charge in [-0.3, -0.25) is 4.79 Å². The maximum absolute atomic E-state index is 12.6. The highest BCUT2D eigenvalue weighted by Gasteiger charge is 2.50. The van der Waals surface area contributed by atoms with Gasteiger partial charge < -0.3 is 14.6 Å².